The zero-order valence-electron chi connectivity index (χ0n) is 20.4. The standard InChI is InChI=1S/C27H33NO4S2/c1-5-7-14-27(15-8-6-2)22-11-9-19(34(4,30)31)17-21(22)25-23(27)12-10-20-24(28-32-18(3)29)13-16-33-26(20)25/h9-12,17H,5-8,13-16H2,1-4H3/b28-24+. The molecule has 0 fully saturated rings. The molecule has 7 heteroatoms. The van der Waals surface area contributed by atoms with E-state index in [4.69, 9.17) is 4.84 Å². The van der Waals surface area contributed by atoms with Crippen LogP contribution in [0.5, 0.6) is 0 Å². The van der Waals surface area contributed by atoms with Gasteiger partial charge in [0.05, 0.1) is 10.6 Å². The fraction of sp³-hybridized carbons (Fsp3) is 0.481. The summed E-state index contributed by atoms with van der Waals surface area (Å²) in [6.45, 7) is 5.79. The van der Waals surface area contributed by atoms with Crippen molar-refractivity contribution in [3.05, 3.63) is 47.0 Å². The number of sulfone groups is 1. The third kappa shape index (κ3) is 4.44. The van der Waals surface area contributed by atoms with Crippen LogP contribution >= 0.6 is 11.8 Å². The number of benzene rings is 2. The summed E-state index contributed by atoms with van der Waals surface area (Å²) in [5.74, 6) is 0.399. The van der Waals surface area contributed by atoms with Crippen LogP contribution in [0.15, 0.2) is 45.3 Å². The van der Waals surface area contributed by atoms with Crippen molar-refractivity contribution in [2.75, 3.05) is 12.0 Å². The number of hydrogen-bond donors (Lipinski definition) is 0. The first-order chi connectivity index (χ1) is 16.2. The molecule has 0 atom stereocenters. The molecule has 0 radical (unpaired) electrons. The molecule has 4 rings (SSSR count). The van der Waals surface area contributed by atoms with Crippen LogP contribution in [0.4, 0.5) is 0 Å². The Balaban J connectivity index is 2.00. The van der Waals surface area contributed by atoms with Crippen molar-refractivity contribution in [1.29, 1.82) is 0 Å². The summed E-state index contributed by atoms with van der Waals surface area (Å²) in [6.07, 6.45) is 8.51. The third-order valence-electron chi connectivity index (χ3n) is 6.97. The SMILES string of the molecule is CCCCC1(CCCC)c2ccc(S(C)(=O)=O)cc2-c2c1ccc1c2SCC/C1=N\OC(C)=O. The number of carbonyl (C=O) groups excluding carboxylic acids is 1. The lowest BCUT2D eigenvalue weighted by atomic mass is 9.71. The van der Waals surface area contributed by atoms with Gasteiger partial charge in [0, 0.05) is 46.8 Å². The number of hydrogen-bond acceptors (Lipinski definition) is 6. The minimum atomic E-state index is -3.34. The fourth-order valence-corrected chi connectivity index (χ4v) is 7.22. The quantitative estimate of drug-likeness (QED) is 0.306. The first-order valence-electron chi connectivity index (χ1n) is 12.1. The Labute approximate surface area is 207 Å². The molecule has 0 unspecified atom stereocenters. The van der Waals surface area contributed by atoms with Crippen LogP contribution in [0.1, 0.15) is 82.4 Å². The molecular formula is C27H33NO4S2. The van der Waals surface area contributed by atoms with Gasteiger partial charge in [-0.1, -0.05) is 62.9 Å². The number of nitrogens with zero attached hydrogens (tertiary/aromatic N) is 1. The van der Waals surface area contributed by atoms with Crippen LogP contribution in [0.2, 0.25) is 0 Å². The maximum atomic E-state index is 12.5. The molecule has 0 N–H and O–H groups in total. The van der Waals surface area contributed by atoms with Gasteiger partial charge in [-0.3, -0.25) is 0 Å². The average molecular weight is 500 g/mol. The number of thioether (sulfide) groups is 1. The smallest absolute Gasteiger partial charge is 0.318 e. The van der Waals surface area contributed by atoms with E-state index in [-0.39, 0.29) is 5.41 Å². The summed E-state index contributed by atoms with van der Waals surface area (Å²) in [4.78, 5) is 17.8. The van der Waals surface area contributed by atoms with E-state index in [9.17, 15) is 13.2 Å². The lowest BCUT2D eigenvalue weighted by molar-refractivity contribution is -0.140. The average Bonchev–Trinajstić information content (AvgIpc) is 3.09. The maximum Gasteiger partial charge on any atom is 0.331 e. The van der Waals surface area contributed by atoms with Crippen molar-refractivity contribution in [2.24, 2.45) is 5.16 Å². The minimum Gasteiger partial charge on any atom is -0.318 e. The van der Waals surface area contributed by atoms with Crippen molar-refractivity contribution in [3.63, 3.8) is 0 Å². The molecule has 1 heterocycles. The Bertz CT molecular complexity index is 1240. The molecule has 2 aliphatic rings. The minimum absolute atomic E-state index is 0.118. The van der Waals surface area contributed by atoms with E-state index in [0.29, 0.717) is 4.90 Å². The van der Waals surface area contributed by atoms with Crippen LogP contribution in [0, 0.1) is 0 Å². The summed E-state index contributed by atoms with van der Waals surface area (Å²) in [5.41, 5.74) is 6.35. The Hall–Kier alpha value is -2.12. The summed E-state index contributed by atoms with van der Waals surface area (Å²) >= 11 is 1.79. The molecular weight excluding hydrogens is 466 g/mol. The van der Waals surface area contributed by atoms with E-state index in [1.54, 1.807) is 17.8 Å². The van der Waals surface area contributed by atoms with Gasteiger partial charge in [-0.2, -0.15) is 0 Å². The van der Waals surface area contributed by atoms with E-state index in [1.165, 1.54) is 24.3 Å². The van der Waals surface area contributed by atoms with Crippen LogP contribution in [0.25, 0.3) is 11.1 Å². The monoisotopic (exact) mass is 499 g/mol. The van der Waals surface area contributed by atoms with Gasteiger partial charge in [-0.25, -0.2) is 13.2 Å². The number of rotatable bonds is 8. The van der Waals surface area contributed by atoms with Gasteiger partial charge in [-0.05, 0) is 41.7 Å². The van der Waals surface area contributed by atoms with Gasteiger partial charge in [0.1, 0.15) is 0 Å². The van der Waals surface area contributed by atoms with Crippen molar-refractivity contribution >= 4 is 33.3 Å². The number of unbranched alkanes of at least 4 members (excludes halogenated alkanes) is 2. The first-order valence-corrected chi connectivity index (χ1v) is 15.0. The highest BCUT2D eigenvalue weighted by Gasteiger charge is 2.44. The van der Waals surface area contributed by atoms with E-state index >= 15 is 0 Å². The van der Waals surface area contributed by atoms with Crippen molar-refractivity contribution in [1.82, 2.24) is 0 Å². The van der Waals surface area contributed by atoms with Crippen LogP contribution in [-0.2, 0) is 24.9 Å². The lowest BCUT2D eigenvalue weighted by Gasteiger charge is -2.33. The molecule has 0 spiro atoms. The van der Waals surface area contributed by atoms with E-state index in [1.807, 2.05) is 6.07 Å². The van der Waals surface area contributed by atoms with E-state index in [2.05, 4.69) is 37.2 Å². The van der Waals surface area contributed by atoms with E-state index in [0.717, 1.165) is 78.0 Å². The molecule has 34 heavy (non-hydrogen) atoms. The predicted molar refractivity (Wildman–Crippen MR) is 138 cm³/mol. The Morgan fingerprint density at radius 3 is 2.35 bits per heavy atom. The van der Waals surface area contributed by atoms with E-state index < -0.39 is 15.8 Å². The summed E-state index contributed by atoms with van der Waals surface area (Å²) in [7, 11) is -3.34. The normalized spacial score (nSPS) is 17.2. The molecule has 1 aliphatic carbocycles. The third-order valence-corrected chi connectivity index (χ3v) is 9.20. The maximum absolute atomic E-state index is 12.5. The predicted octanol–water partition coefficient (Wildman–Crippen LogP) is 6.50. The molecule has 0 bridgehead atoms. The van der Waals surface area contributed by atoms with Gasteiger partial charge < -0.3 is 4.84 Å². The summed E-state index contributed by atoms with van der Waals surface area (Å²) in [5, 5.41) is 4.16. The van der Waals surface area contributed by atoms with Crippen molar-refractivity contribution in [2.45, 2.75) is 80.9 Å². The molecule has 182 valence electrons. The highest BCUT2D eigenvalue weighted by atomic mass is 32.2. The highest BCUT2D eigenvalue weighted by molar-refractivity contribution is 7.99. The molecule has 0 saturated carbocycles. The second-order valence-corrected chi connectivity index (χ2v) is 12.5. The van der Waals surface area contributed by atoms with Crippen LogP contribution in [0.3, 0.4) is 0 Å². The number of carbonyl (C=O) groups is 1. The second kappa shape index (κ2) is 9.86. The summed E-state index contributed by atoms with van der Waals surface area (Å²) < 4.78 is 24.9. The fourth-order valence-electron chi connectivity index (χ4n) is 5.37. The van der Waals surface area contributed by atoms with Gasteiger partial charge in [0.25, 0.3) is 0 Å². The Kier molecular flexibility index (Phi) is 7.25. The topological polar surface area (TPSA) is 72.8 Å². The molecule has 1 aliphatic heterocycles. The molecule has 2 aromatic rings. The van der Waals surface area contributed by atoms with Crippen LogP contribution < -0.4 is 0 Å². The Morgan fingerprint density at radius 1 is 1.06 bits per heavy atom. The molecule has 0 amide bonds. The Morgan fingerprint density at radius 2 is 1.74 bits per heavy atom. The van der Waals surface area contributed by atoms with Gasteiger partial charge >= 0.3 is 5.97 Å². The van der Waals surface area contributed by atoms with Crippen LogP contribution in [-0.4, -0.2) is 32.1 Å². The van der Waals surface area contributed by atoms with Crippen molar-refractivity contribution < 1.29 is 18.0 Å². The largest absolute Gasteiger partial charge is 0.331 e. The molecule has 0 aromatic heterocycles. The molecule has 0 saturated heterocycles. The van der Waals surface area contributed by atoms with Gasteiger partial charge in [0.2, 0.25) is 0 Å². The summed E-state index contributed by atoms with van der Waals surface area (Å²) in [6, 6.07) is 10.1. The second-order valence-electron chi connectivity index (χ2n) is 9.35. The van der Waals surface area contributed by atoms with Gasteiger partial charge in [0.15, 0.2) is 9.84 Å². The molecule has 5 nitrogen and oxygen atoms in total. The zero-order chi connectivity index (χ0) is 24.5. The number of oxime groups is 1. The van der Waals surface area contributed by atoms with Crippen molar-refractivity contribution in [3.8, 4) is 11.1 Å². The molecule has 2 aromatic carbocycles. The zero-order valence-corrected chi connectivity index (χ0v) is 22.1. The number of fused-ring (bicyclic) bond motifs is 5. The lowest BCUT2D eigenvalue weighted by Crippen LogP contribution is -2.26. The van der Waals surface area contributed by atoms with Gasteiger partial charge in [-0.15, -0.1) is 11.8 Å². The first kappa shape index (κ1) is 25.0. The highest BCUT2D eigenvalue weighted by Crippen LogP contribution is 2.58.